The van der Waals surface area contributed by atoms with Crippen molar-refractivity contribution in [2.75, 3.05) is 13.7 Å². The van der Waals surface area contributed by atoms with E-state index in [1.54, 1.807) is 18.3 Å². The van der Waals surface area contributed by atoms with Gasteiger partial charge in [0.15, 0.2) is 0 Å². The maximum atomic E-state index is 13.9. The van der Waals surface area contributed by atoms with Crippen LogP contribution in [-0.2, 0) is 6.42 Å². The Hall–Kier alpha value is -1.88. The van der Waals surface area contributed by atoms with Gasteiger partial charge in [-0.15, -0.1) is 0 Å². The first-order valence-corrected chi connectivity index (χ1v) is 6.76. The molecule has 20 heavy (non-hydrogen) atoms. The largest absolute Gasteiger partial charge is 0.497 e. The Kier molecular flexibility index (Phi) is 5.12. The van der Waals surface area contributed by atoms with E-state index in [9.17, 15) is 4.39 Å². The topological polar surface area (TPSA) is 49.9 Å². The van der Waals surface area contributed by atoms with Crippen LogP contribution in [0.5, 0.6) is 5.75 Å². The Morgan fingerprint density at radius 3 is 2.95 bits per heavy atom. The van der Waals surface area contributed by atoms with Crippen LogP contribution in [-0.4, -0.2) is 23.6 Å². The summed E-state index contributed by atoms with van der Waals surface area (Å²) in [5, 5.41) is 3.32. The smallest absolute Gasteiger partial charge is 0.131 e. The second-order valence-electron chi connectivity index (χ2n) is 4.70. The Bertz CT molecular complexity index is 528. The van der Waals surface area contributed by atoms with E-state index in [-0.39, 0.29) is 11.9 Å². The number of nitrogens with one attached hydrogen (secondary N) is 2. The molecule has 1 unspecified atom stereocenters. The zero-order valence-electron chi connectivity index (χ0n) is 11.8. The van der Waals surface area contributed by atoms with Gasteiger partial charge in [-0.2, -0.15) is 0 Å². The number of aryl methyl sites for hydroxylation is 1. The highest BCUT2D eigenvalue weighted by molar-refractivity contribution is 5.30. The fourth-order valence-electron chi connectivity index (χ4n) is 2.11. The van der Waals surface area contributed by atoms with Gasteiger partial charge < -0.3 is 15.0 Å². The summed E-state index contributed by atoms with van der Waals surface area (Å²) < 4.78 is 18.9. The average Bonchev–Trinajstić information content (AvgIpc) is 2.96. The van der Waals surface area contributed by atoms with Crippen LogP contribution in [0.3, 0.4) is 0 Å². The maximum absolute atomic E-state index is 13.9. The fraction of sp³-hybridized carbons (Fsp3) is 0.400. The van der Waals surface area contributed by atoms with Gasteiger partial charge >= 0.3 is 0 Å². The number of aromatic nitrogens is 2. The van der Waals surface area contributed by atoms with Gasteiger partial charge in [-0.3, -0.25) is 0 Å². The Labute approximate surface area is 118 Å². The lowest BCUT2D eigenvalue weighted by Gasteiger charge is -2.15. The number of aromatic amines is 1. The Morgan fingerprint density at radius 2 is 2.30 bits per heavy atom. The van der Waals surface area contributed by atoms with Crippen LogP contribution in [0.1, 0.15) is 30.8 Å². The predicted molar refractivity (Wildman–Crippen MR) is 76.3 cm³/mol. The van der Waals surface area contributed by atoms with Crippen molar-refractivity contribution < 1.29 is 9.13 Å². The molecule has 1 aromatic carbocycles. The summed E-state index contributed by atoms with van der Waals surface area (Å²) in [4.78, 5) is 7.23. The molecule has 0 aliphatic heterocycles. The highest BCUT2D eigenvalue weighted by atomic mass is 19.1. The molecule has 2 aromatic rings. The van der Waals surface area contributed by atoms with Crippen molar-refractivity contribution in [3.8, 4) is 5.75 Å². The zero-order valence-corrected chi connectivity index (χ0v) is 11.8. The van der Waals surface area contributed by atoms with Crippen LogP contribution in [0, 0.1) is 5.82 Å². The summed E-state index contributed by atoms with van der Waals surface area (Å²) in [5.74, 6) is 1.28. The van der Waals surface area contributed by atoms with E-state index in [1.165, 1.54) is 13.2 Å². The lowest BCUT2D eigenvalue weighted by atomic mass is 10.1. The van der Waals surface area contributed by atoms with E-state index in [1.807, 2.05) is 13.1 Å². The van der Waals surface area contributed by atoms with Gasteiger partial charge in [0.1, 0.15) is 17.4 Å². The number of imidazole rings is 1. The molecule has 4 nitrogen and oxygen atoms in total. The van der Waals surface area contributed by atoms with Crippen molar-refractivity contribution >= 4 is 0 Å². The molecule has 2 N–H and O–H groups in total. The van der Waals surface area contributed by atoms with Crippen LogP contribution in [0.2, 0.25) is 0 Å². The Morgan fingerprint density at radius 1 is 1.45 bits per heavy atom. The standard InChI is InChI=1S/C15H20FN3O/c1-11(13-6-5-12(20-2)10-14(13)16)17-7-3-4-15-18-8-9-19-15/h5-6,8-11,17H,3-4,7H2,1-2H3,(H,18,19). The normalized spacial score (nSPS) is 12.3. The molecule has 0 bridgehead atoms. The first kappa shape index (κ1) is 14.5. The fourth-order valence-corrected chi connectivity index (χ4v) is 2.11. The second kappa shape index (κ2) is 7.05. The molecular formula is C15H20FN3O. The molecule has 1 aromatic heterocycles. The highest BCUT2D eigenvalue weighted by Gasteiger charge is 2.11. The maximum Gasteiger partial charge on any atom is 0.131 e. The summed E-state index contributed by atoms with van der Waals surface area (Å²) in [6.45, 7) is 2.77. The molecule has 0 amide bonds. The van der Waals surface area contributed by atoms with Crippen LogP contribution in [0.15, 0.2) is 30.6 Å². The summed E-state index contributed by atoms with van der Waals surface area (Å²) in [6, 6.07) is 4.92. The van der Waals surface area contributed by atoms with Gasteiger partial charge in [0, 0.05) is 36.5 Å². The number of hydrogen-bond donors (Lipinski definition) is 2. The van der Waals surface area contributed by atoms with E-state index in [0.717, 1.165) is 25.2 Å². The molecule has 0 radical (unpaired) electrons. The summed E-state index contributed by atoms with van der Waals surface area (Å²) in [6.07, 6.45) is 5.41. The molecule has 0 spiro atoms. The first-order chi connectivity index (χ1) is 9.70. The number of ether oxygens (including phenoxy) is 1. The zero-order chi connectivity index (χ0) is 14.4. The third-order valence-corrected chi connectivity index (χ3v) is 3.27. The first-order valence-electron chi connectivity index (χ1n) is 6.76. The quantitative estimate of drug-likeness (QED) is 0.765. The third-order valence-electron chi connectivity index (χ3n) is 3.27. The molecule has 0 aliphatic carbocycles. The highest BCUT2D eigenvalue weighted by Crippen LogP contribution is 2.21. The lowest BCUT2D eigenvalue weighted by molar-refractivity contribution is 0.409. The summed E-state index contributed by atoms with van der Waals surface area (Å²) >= 11 is 0. The minimum Gasteiger partial charge on any atom is -0.497 e. The van der Waals surface area contributed by atoms with E-state index >= 15 is 0 Å². The van der Waals surface area contributed by atoms with E-state index in [4.69, 9.17) is 4.74 Å². The van der Waals surface area contributed by atoms with Crippen molar-refractivity contribution in [2.45, 2.75) is 25.8 Å². The van der Waals surface area contributed by atoms with Gasteiger partial charge in [-0.1, -0.05) is 6.07 Å². The summed E-state index contributed by atoms with van der Waals surface area (Å²) in [7, 11) is 1.53. The van der Waals surface area contributed by atoms with Crippen LogP contribution < -0.4 is 10.1 Å². The van der Waals surface area contributed by atoms with Crippen LogP contribution in [0.4, 0.5) is 4.39 Å². The molecule has 2 rings (SSSR count). The van der Waals surface area contributed by atoms with E-state index < -0.39 is 0 Å². The molecule has 1 heterocycles. The number of rotatable bonds is 7. The average molecular weight is 277 g/mol. The number of halogens is 1. The molecular weight excluding hydrogens is 257 g/mol. The second-order valence-corrected chi connectivity index (χ2v) is 4.70. The number of methoxy groups -OCH3 is 1. The van der Waals surface area contributed by atoms with Gasteiger partial charge in [0.2, 0.25) is 0 Å². The number of nitrogens with zero attached hydrogens (tertiary/aromatic N) is 1. The van der Waals surface area contributed by atoms with E-state index in [0.29, 0.717) is 11.3 Å². The number of hydrogen-bond acceptors (Lipinski definition) is 3. The van der Waals surface area contributed by atoms with Gasteiger partial charge in [-0.25, -0.2) is 9.37 Å². The number of H-pyrrole nitrogens is 1. The molecule has 0 aliphatic rings. The third kappa shape index (κ3) is 3.81. The molecule has 0 fully saturated rings. The van der Waals surface area contributed by atoms with Crippen molar-refractivity contribution in [3.63, 3.8) is 0 Å². The molecule has 5 heteroatoms. The molecule has 0 saturated heterocycles. The van der Waals surface area contributed by atoms with Gasteiger partial charge in [0.25, 0.3) is 0 Å². The SMILES string of the molecule is COc1ccc(C(C)NCCCc2ncc[nH]2)c(F)c1. The van der Waals surface area contributed by atoms with Crippen molar-refractivity contribution in [1.29, 1.82) is 0 Å². The Balaban J connectivity index is 1.80. The van der Waals surface area contributed by atoms with Crippen LogP contribution >= 0.6 is 0 Å². The van der Waals surface area contributed by atoms with Crippen LogP contribution in [0.25, 0.3) is 0 Å². The van der Waals surface area contributed by atoms with Gasteiger partial charge in [-0.05, 0) is 26.0 Å². The minimum atomic E-state index is -0.240. The van der Waals surface area contributed by atoms with Crippen molar-refractivity contribution in [1.82, 2.24) is 15.3 Å². The predicted octanol–water partition coefficient (Wildman–Crippen LogP) is 2.84. The monoisotopic (exact) mass is 277 g/mol. The minimum absolute atomic E-state index is 0.0301. The van der Waals surface area contributed by atoms with Crippen molar-refractivity contribution in [3.05, 3.63) is 47.8 Å². The summed E-state index contributed by atoms with van der Waals surface area (Å²) in [5.41, 5.74) is 0.656. The molecule has 0 saturated carbocycles. The number of benzene rings is 1. The van der Waals surface area contributed by atoms with Crippen molar-refractivity contribution in [2.24, 2.45) is 0 Å². The molecule has 108 valence electrons. The lowest BCUT2D eigenvalue weighted by Crippen LogP contribution is -2.21. The molecule has 1 atom stereocenters. The van der Waals surface area contributed by atoms with Gasteiger partial charge in [0.05, 0.1) is 7.11 Å². The van der Waals surface area contributed by atoms with E-state index in [2.05, 4.69) is 15.3 Å².